The molecule has 0 amide bonds. The van der Waals surface area contributed by atoms with Crippen LogP contribution >= 0.6 is 20.1 Å². The topological polar surface area (TPSA) is 31.3 Å². The average molecular weight is 302 g/mol. The van der Waals surface area contributed by atoms with Gasteiger partial charge in [0, 0.05) is 4.90 Å². The summed E-state index contributed by atoms with van der Waals surface area (Å²) < 4.78 is 6.29. The summed E-state index contributed by atoms with van der Waals surface area (Å²) in [5.41, 5.74) is 0. The average Bonchev–Trinajstić information content (AvgIpc) is 2.30. The smallest absolute Gasteiger partial charge is 0.210 e. The lowest BCUT2D eigenvalue weighted by Gasteiger charge is -2.39. The first kappa shape index (κ1) is 16.5. The highest BCUT2D eigenvalue weighted by Crippen LogP contribution is 2.54. The predicted molar refractivity (Wildman–Crippen MR) is 84.7 cm³/mol. The standard InChI is InChI=1S/C12H23N4OPS/c1-14(2)18(15(3)4,16(5)6)13-17-11-7-9-12(19)10-8-11/h7-10,19H,1-6H3. The fourth-order valence-electron chi connectivity index (χ4n) is 1.90. The summed E-state index contributed by atoms with van der Waals surface area (Å²) in [4.78, 5) is 11.0. The maximum absolute atomic E-state index is 5.63. The fraction of sp³-hybridized carbons (Fsp3) is 0.500. The van der Waals surface area contributed by atoms with Gasteiger partial charge in [-0.3, -0.25) is 0 Å². The Morgan fingerprint density at radius 1 is 0.895 bits per heavy atom. The summed E-state index contributed by atoms with van der Waals surface area (Å²) in [5, 5.41) is 0. The molecule has 0 aliphatic carbocycles. The van der Waals surface area contributed by atoms with Gasteiger partial charge in [0.15, 0.2) is 5.75 Å². The number of rotatable bonds is 5. The zero-order chi connectivity index (χ0) is 14.6. The molecule has 0 aromatic heterocycles. The largest absolute Gasteiger partial charge is 0.355 e. The summed E-state index contributed by atoms with van der Waals surface area (Å²) in [6.07, 6.45) is 0. The molecule has 0 saturated heterocycles. The summed E-state index contributed by atoms with van der Waals surface area (Å²) in [5.74, 6) is 0.715. The van der Waals surface area contributed by atoms with Crippen LogP contribution < -0.4 is 4.84 Å². The third-order valence-electron chi connectivity index (χ3n) is 2.70. The van der Waals surface area contributed by atoms with Gasteiger partial charge in [-0.15, -0.1) is 12.6 Å². The second-order valence-electron chi connectivity index (χ2n) is 4.75. The molecule has 7 heteroatoms. The van der Waals surface area contributed by atoms with Crippen LogP contribution in [0.15, 0.2) is 34.1 Å². The highest BCUT2D eigenvalue weighted by molar-refractivity contribution is 7.80. The predicted octanol–water partition coefficient (Wildman–Crippen LogP) is 2.90. The van der Waals surface area contributed by atoms with E-state index in [9.17, 15) is 0 Å². The van der Waals surface area contributed by atoms with Crippen LogP contribution in [-0.4, -0.2) is 56.3 Å². The molecule has 0 saturated carbocycles. The second-order valence-corrected chi connectivity index (χ2v) is 8.90. The van der Waals surface area contributed by atoms with E-state index in [0.717, 1.165) is 4.90 Å². The molecule has 0 bridgehead atoms. The lowest BCUT2D eigenvalue weighted by Crippen LogP contribution is -2.31. The van der Waals surface area contributed by atoms with E-state index in [4.69, 9.17) is 4.84 Å². The highest BCUT2D eigenvalue weighted by atomic mass is 32.1. The van der Waals surface area contributed by atoms with Crippen LogP contribution in [0.4, 0.5) is 0 Å². The lowest BCUT2D eigenvalue weighted by atomic mass is 10.3. The van der Waals surface area contributed by atoms with E-state index in [1.54, 1.807) is 0 Å². The monoisotopic (exact) mass is 302 g/mol. The number of thiol groups is 1. The van der Waals surface area contributed by atoms with Crippen LogP contribution in [0.25, 0.3) is 0 Å². The van der Waals surface area contributed by atoms with E-state index < -0.39 is 7.51 Å². The molecular weight excluding hydrogens is 279 g/mol. The van der Waals surface area contributed by atoms with Gasteiger partial charge < -0.3 is 4.84 Å². The van der Waals surface area contributed by atoms with Crippen LogP contribution in [-0.2, 0) is 0 Å². The second kappa shape index (κ2) is 6.77. The molecule has 0 fully saturated rings. The molecule has 0 aliphatic rings. The Morgan fingerprint density at radius 3 is 1.68 bits per heavy atom. The van der Waals surface area contributed by atoms with Crippen LogP contribution in [0.1, 0.15) is 0 Å². The Kier molecular flexibility index (Phi) is 5.89. The SMILES string of the molecule is CN(C)P(=NOc1ccc(S)cc1)(N(C)C)N(C)C. The van der Waals surface area contributed by atoms with Crippen LogP contribution in [0.5, 0.6) is 5.75 Å². The van der Waals surface area contributed by atoms with Gasteiger partial charge >= 0.3 is 0 Å². The zero-order valence-corrected chi connectivity index (χ0v) is 14.2. The minimum absolute atomic E-state index is 0.715. The maximum Gasteiger partial charge on any atom is 0.210 e. The quantitative estimate of drug-likeness (QED) is 0.515. The van der Waals surface area contributed by atoms with Gasteiger partial charge in [0.2, 0.25) is 7.51 Å². The van der Waals surface area contributed by atoms with Crippen LogP contribution in [0.2, 0.25) is 0 Å². The maximum atomic E-state index is 5.63. The molecule has 1 rings (SSSR count). The minimum atomic E-state index is -2.01. The van der Waals surface area contributed by atoms with E-state index in [0.29, 0.717) is 5.75 Å². The molecule has 0 aliphatic heterocycles. The highest BCUT2D eigenvalue weighted by Gasteiger charge is 2.29. The first-order chi connectivity index (χ1) is 8.80. The summed E-state index contributed by atoms with van der Waals surface area (Å²) in [6.45, 7) is 0. The van der Waals surface area contributed by atoms with Crippen LogP contribution in [0.3, 0.4) is 0 Å². The molecule has 1 aromatic carbocycles. The molecule has 0 spiro atoms. The normalized spacial score (nSPS) is 12.3. The van der Waals surface area contributed by atoms with Gasteiger partial charge in [-0.05, 0) is 66.6 Å². The molecule has 0 atom stereocenters. The Hall–Kier alpha value is -0.520. The zero-order valence-electron chi connectivity index (χ0n) is 12.4. The van der Waals surface area contributed by atoms with E-state index in [1.165, 1.54) is 0 Å². The molecular formula is C12H23N4OPS. The molecule has 0 heterocycles. The van der Waals surface area contributed by atoms with Gasteiger partial charge in [-0.2, -0.15) is 0 Å². The van der Waals surface area contributed by atoms with Gasteiger partial charge in [0.05, 0.1) is 0 Å². The van der Waals surface area contributed by atoms with E-state index in [2.05, 4.69) is 31.5 Å². The molecule has 108 valence electrons. The summed E-state index contributed by atoms with van der Waals surface area (Å²) >= 11 is 4.25. The third kappa shape index (κ3) is 3.74. The van der Waals surface area contributed by atoms with Crippen molar-refractivity contribution >= 4 is 20.1 Å². The van der Waals surface area contributed by atoms with Gasteiger partial charge in [-0.1, -0.05) is 4.91 Å². The fourth-order valence-corrected chi connectivity index (χ4v) is 4.84. The molecule has 0 unspecified atom stereocenters. The molecule has 0 N–H and O–H groups in total. The Bertz CT molecular complexity index is 431. The number of hydrogen-bond acceptors (Lipinski definition) is 3. The van der Waals surface area contributed by atoms with E-state index in [1.807, 2.05) is 66.6 Å². The van der Waals surface area contributed by atoms with Crippen LogP contribution in [0, 0.1) is 0 Å². The first-order valence-corrected chi connectivity index (χ1v) is 7.96. The molecule has 0 radical (unpaired) electrons. The summed E-state index contributed by atoms with van der Waals surface area (Å²) in [7, 11) is 10.1. The lowest BCUT2D eigenvalue weighted by molar-refractivity contribution is 0.324. The van der Waals surface area contributed by atoms with Crippen molar-refractivity contribution in [1.82, 2.24) is 14.0 Å². The van der Waals surface area contributed by atoms with Crippen molar-refractivity contribution in [1.29, 1.82) is 0 Å². The van der Waals surface area contributed by atoms with E-state index >= 15 is 0 Å². The Balaban J connectivity index is 3.11. The van der Waals surface area contributed by atoms with E-state index in [-0.39, 0.29) is 0 Å². The summed E-state index contributed by atoms with van der Waals surface area (Å²) in [6, 6.07) is 7.49. The number of benzene rings is 1. The van der Waals surface area contributed by atoms with Crippen molar-refractivity contribution in [3.63, 3.8) is 0 Å². The Morgan fingerprint density at radius 2 is 1.32 bits per heavy atom. The van der Waals surface area contributed by atoms with Crippen molar-refractivity contribution in [2.24, 2.45) is 4.91 Å². The van der Waals surface area contributed by atoms with Crippen molar-refractivity contribution in [2.75, 3.05) is 42.3 Å². The molecule has 5 nitrogen and oxygen atoms in total. The number of nitrogens with zero attached hydrogens (tertiary/aromatic N) is 4. The van der Waals surface area contributed by atoms with Gasteiger partial charge in [0.25, 0.3) is 0 Å². The Labute approximate surface area is 121 Å². The van der Waals surface area contributed by atoms with Crippen molar-refractivity contribution in [3.05, 3.63) is 24.3 Å². The first-order valence-electron chi connectivity index (χ1n) is 5.91. The third-order valence-corrected chi connectivity index (χ3v) is 6.52. The van der Waals surface area contributed by atoms with Gasteiger partial charge in [-0.25, -0.2) is 14.0 Å². The van der Waals surface area contributed by atoms with Crippen molar-refractivity contribution in [2.45, 2.75) is 4.90 Å². The molecule has 1 aromatic rings. The number of hydrogen-bond donors (Lipinski definition) is 1. The van der Waals surface area contributed by atoms with Crippen molar-refractivity contribution < 1.29 is 4.84 Å². The molecule has 19 heavy (non-hydrogen) atoms. The van der Waals surface area contributed by atoms with Gasteiger partial charge in [0.1, 0.15) is 0 Å². The van der Waals surface area contributed by atoms with Crippen molar-refractivity contribution in [3.8, 4) is 5.75 Å². The minimum Gasteiger partial charge on any atom is -0.355 e.